The van der Waals surface area contributed by atoms with Crippen molar-refractivity contribution in [3.8, 4) is 0 Å². The molecule has 2 N–H and O–H groups in total. The van der Waals surface area contributed by atoms with E-state index in [1.807, 2.05) is 48.5 Å². The van der Waals surface area contributed by atoms with Crippen LogP contribution in [0.25, 0.3) is 0 Å². The van der Waals surface area contributed by atoms with E-state index in [0.29, 0.717) is 13.1 Å². The van der Waals surface area contributed by atoms with Crippen LogP contribution in [0.5, 0.6) is 0 Å². The molecule has 1 atom stereocenters. The third-order valence-electron chi connectivity index (χ3n) is 4.79. The molecule has 0 amide bonds. The predicted molar refractivity (Wildman–Crippen MR) is 108 cm³/mol. The number of thioether (sulfide) groups is 1. The molecule has 0 spiro atoms. The molecule has 3 rings (SSSR count). The van der Waals surface area contributed by atoms with E-state index in [1.165, 1.54) is 24.2 Å². The largest absolute Gasteiger partial charge is 0.355 e. The van der Waals surface area contributed by atoms with E-state index in [4.69, 9.17) is 4.99 Å². The second-order valence-electron chi connectivity index (χ2n) is 6.98. The number of hydrogen-bond donors (Lipinski definition) is 2. The quantitative estimate of drug-likeness (QED) is 0.603. The standard InChI is InChI=1S/C19H28N6S/c1-15-23-24-17(25(15)3)13-21-18(20-12-16-8-5-4-6-9-16)22-14-19(2)10-7-11-26-19/h4-6,8-9H,7,10-14H2,1-3H3,(H2,20,21,22). The lowest BCUT2D eigenvalue weighted by atomic mass is 10.1. The Kier molecular flexibility index (Phi) is 6.19. The van der Waals surface area contributed by atoms with Crippen LogP contribution in [0.15, 0.2) is 35.3 Å². The van der Waals surface area contributed by atoms with Gasteiger partial charge in [-0.2, -0.15) is 11.8 Å². The van der Waals surface area contributed by atoms with E-state index in [0.717, 1.165) is 24.2 Å². The Labute approximate surface area is 159 Å². The molecule has 1 aromatic heterocycles. The molecule has 2 aromatic rings. The van der Waals surface area contributed by atoms with Crippen LogP contribution in [-0.4, -0.2) is 37.8 Å². The Hall–Kier alpha value is -2.02. The highest BCUT2D eigenvalue weighted by Gasteiger charge is 2.29. The van der Waals surface area contributed by atoms with Crippen LogP contribution >= 0.6 is 11.8 Å². The van der Waals surface area contributed by atoms with E-state index in [9.17, 15) is 0 Å². The monoisotopic (exact) mass is 372 g/mol. The molecule has 7 heteroatoms. The lowest BCUT2D eigenvalue weighted by Crippen LogP contribution is -2.43. The second-order valence-corrected chi connectivity index (χ2v) is 8.66. The van der Waals surface area contributed by atoms with Crippen LogP contribution in [-0.2, 0) is 20.1 Å². The predicted octanol–water partition coefficient (Wildman–Crippen LogP) is 2.64. The molecule has 1 unspecified atom stereocenters. The summed E-state index contributed by atoms with van der Waals surface area (Å²) in [6.45, 7) is 6.45. The first-order valence-corrected chi connectivity index (χ1v) is 10.1. The highest BCUT2D eigenvalue weighted by molar-refractivity contribution is 8.00. The van der Waals surface area contributed by atoms with Gasteiger partial charge in [0.1, 0.15) is 5.82 Å². The van der Waals surface area contributed by atoms with Crippen molar-refractivity contribution in [2.75, 3.05) is 12.3 Å². The lowest BCUT2D eigenvalue weighted by molar-refractivity contribution is 0.582. The summed E-state index contributed by atoms with van der Waals surface area (Å²) in [7, 11) is 1.98. The summed E-state index contributed by atoms with van der Waals surface area (Å²) in [4.78, 5) is 4.77. The molecule has 140 valence electrons. The lowest BCUT2D eigenvalue weighted by Gasteiger charge is -2.24. The number of nitrogens with zero attached hydrogens (tertiary/aromatic N) is 4. The number of aliphatic imine (C=N–C) groups is 1. The van der Waals surface area contributed by atoms with Gasteiger partial charge in [0.05, 0.1) is 13.1 Å². The van der Waals surface area contributed by atoms with Gasteiger partial charge < -0.3 is 15.2 Å². The average molecular weight is 373 g/mol. The van der Waals surface area contributed by atoms with Gasteiger partial charge in [-0.05, 0) is 38.0 Å². The highest BCUT2D eigenvalue weighted by atomic mass is 32.2. The Morgan fingerprint density at radius 1 is 1.27 bits per heavy atom. The summed E-state index contributed by atoms with van der Waals surface area (Å²) in [5, 5.41) is 15.3. The minimum absolute atomic E-state index is 0.288. The van der Waals surface area contributed by atoms with E-state index in [1.54, 1.807) is 0 Å². The number of benzene rings is 1. The zero-order chi connectivity index (χ0) is 18.4. The van der Waals surface area contributed by atoms with E-state index in [2.05, 4.69) is 39.9 Å². The minimum atomic E-state index is 0.288. The summed E-state index contributed by atoms with van der Waals surface area (Å²) < 4.78 is 2.28. The molecular formula is C19H28N6S. The molecule has 0 bridgehead atoms. The first-order chi connectivity index (χ1) is 12.6. The number of nitrogens with one attached hydrogen (secondary N) is 2. The number of rotatable bonds is 6. The number of hydrogen-bond acceptors (Lipinski definition) is 4. The normalized spacial score (nSPS) is 20.3. The minimum Gasteiger partial charge on any atom is -0.355 e. The third-order valence-corrected chi connectivity index (χ3v) is 6.33. The first-order valence-electron chi connectivity index (χ1n) is 9.11. The summed E-state index contributed by atoms with van der Waals surface area (Å²) in [6.07, 6.45) is 2.55. The van der Waals surface area contributed by atoms with Gasteiger partial charge in [0.2, 0.25) is 0 Å². The summed E-state index contributed by atoms with van der Waals surface area (Å²) in [5.41, 5.74) is 1.20. The molecule has 0 saturated carbocycles. The van der Waals surface area contributed by atoms with Crippen molar-refractivity contribution in [1.82, 2.24) is 25.4 Å². The summed E-state index contributed by atoms with van der Waals surface area (Å²) >= 11 is 2.05. The van der Waals surface area contributed by atoms with Gasteiger partial charge in [-0.3, -0.25) is 0 Å². The van der Waals surface area contributed by atoms with Crippen LogP contribution in [0.2, 0.25) is 0 Å². The molecule has 0 aliphatic carbocycles. The van der Waals surface area contributed by atoms with E-state index < -0.39 is 0 Å². The maximum atomic E-state index is 4.77. The fourth-order valence-corrected chi connectivity index (χ4v) is 4.19. The van der Waals surface area contributed by atoms with Gasteiger partial charge in [0.25, 0.3) is 0 Å². The van der Waals surface area contributed by atoms with Crippen LogP contribution < -0.4 is 10.6 Å². The molecule has 1 saturated heterocycles. The number of aromatic nitrogens is 3. The fourth-order valence-electron chi connectivity index (χ4n) is 2.94. The maximum Gasteiger partial charge on any atom is 0.192 e. The van der Waals surface area contributed by atoms with E-state index in [-0.39, 0.29) is 4.75 Å². The van der Waals surface area contributed by atoms with Crippen LogP contribution in [0.3, 0.4) is 0 Å². The topological polar surface area (TPSA) is 67.1 Å². The van der Waals surface area contributed by atoms with Crippen molar-refractivity contribution in [2.45, 2.75) is 44.5 Å². The summed E-state index contributed by atoms with van der Waals surface area (Å²) in [5.74, 6) is 3.88. The molecule has 6 nitrogen and oxygen atoms in total. The zero-order valence-electron chi connectivity index (χ0n) is 15.8. The van der Waals surface area contributed by atoms with Crippen molar-refractivity contribution >= 4 is 17.7 Å². The van der Waals surface area contributed by atoms with E-state index >= 15 is 0 Å². The van der Waals surface area contributed by atoms with Gasteiger partial charge in [0, 0.05) is 18.3 Å². The molecule has 26 heavy (non-hydrogen) atoms. The number of guanidine groups is 1. The van der Waals surface area contributed by atoms with Crippen molar-refractivity contribution < 1.29 is 0 Å². The summed E-state index contributed by atoms with van der Waals surface area (Å²) in [6, 6.07) is 10.3. The second kappa shape index (κ2) is 8.58. The zero-order valence-corrected chi connectivity index (χ0v) is 16.6. The van der Waals surface area contributed by atoms with Crippen LogP contribution in [0, 0.1) is 6.92 Å². The Morgan fingerprint density at radius 3 is 2.73 bits per heavy atom. The molecule has 0 radical (unpaired) electrons. The highest BCUT2D eigenvalue weighted by Crippen LogP contribution is 2.36. The van der Waals surface area contributed by atoms with Gasteiger partial charge in [0.15, 0.2) is 11.8 Å². The SMILES string of the molecule is Cc1nnc(CNC(=NCc2ccccc2)NCC2(C)CCCS2)n1C. The molecule has 2 heterocycles. The van der Waals surface area contributed by atoms with Crippen molar-refractivity contribution in [2.24, 2.45) is 12.0 Å². The Bertz CT molecular complexity index is 734. The molecule has 1 aromatic carbocycles. The fraction of sp³-hybridized carbons (Fsp3) is 0.526. The molecular weight excluding hydrogens is 344 g/mol. The van der Waals surface area contributed by atoms with Crippen molar-refractivity contribution in [3.05, 3.63) is 47.5 Å². The first kappa shape index (κ1) is 18.8. The van der Waals surface area contributed by atoms with Gasteiger partial charge in [-0.15, -0.1) is 10.2 Å². The number of aryl methyl sites for hydroxylation is 1. The van der Waals surface area contributed by atoms with Gasteiger partial charge in [-0.25, -0.2) is 4.99 Å². The van der Waals surface area contributed by atoms with Crippen molar-refractivity contribution in [3.63, 3.8) is 0 Å². The molecule has 1 fully saturated rings. The van der Waals surface area contributed by atoms with Crippen LogP contribution in [0.4, 0.5) is 0 Å². The average Bonchev–Trinajstić information content (AvgIpc) is 3.22. The van der Waals surface area contributed by atoms with Crippen LogP contribution in [0.1, 0.15) is 37.0 Å². The Balaban J connectivity index is 1.64. The smallest absolute Gasteiger partial charge is 0.192 e. The maximum absolute atomic E-state index is 4.77. The van der Waals surface area contributed by atoms with Gasteiger partial charge >= 0.3 is 0 Å². The Morgan fingerprint density at radius 2 is 2.08 bits per heavy atom. The third kappa shape index (κ3) is 5.00. The molecule has 1 aliphatic heterocycles. The van der Waals surface area contributed by atoms with Crippen molar-refractivity contribution in [1.29, 1.82) is 0 Å². The molecule has 1 aliphatic rings. The van der Waals surface area contributed by atoms with Gasteiger partial charge in [-0.1, -0.05) is 30.3 Å².